The third-order valence-electron chi connectivity index (χ3n) is 3.30. The number of halogens is 1. The van der Waals surface area contributed by atoms with E-state index in [-0.39, 0.29) is 29.3 Å². The second-order valence-electron chi connectivity index (χ2n) is 5.17. The zero-order valence-corrected chi connectivity index (χ0v) is 16.4. The minimum atomic E-state index is -0.696. The van der Waals surface area contributed by atoms with Crippen LogP contribution in [0.1, 0.15) is 40.1 Å². The maximum absolute atomic E-state index is 12.2. The van der Waals surface area contributed by atoms with Crippen molar-refractivity contribution in [3.8, 4) is 0 Å². The highest BCUT2D eigenvalue weighted by atomic mass is 35.5. The lowest BCUT2D eigenvalue weighted by molar-refractivity contribution is -0.111. The van der Waals surface area contributed by atoms with Crippen LogP contribution in [0.5, 0.6) is 0 Å². The molecule has 142 valence electrons. The van der Waals surface area contributed by atoms with Gasteiger partial charge in [-0.3, -0.25) is 4.79 Å². The van der Waals surface area contributed by atoms with Crippen molar-refractivity contribution >= 4 is 51.9 Å². The van der Waals surface area contributed by atoms with Crippen molar-refractivity contribution in [1.82, 2.24) is 0 Å². The first-order chi connectivity index (χ1) is 13.0. The number of carbonyl (C=O) groups excluding carboxylic acids is 3. The van der Waals surface area contributed by atoms with Crippen molar-refractivity contribution < 1.29 is 23.9 Å². The van der Waals surface area contributed by atoms with Crippen LogP contribution in [0.4, 0.5) is 5.00 Å². The molecule has 2 rings (SSSR count). The summed E-state index contributed by atoms with van der Waals surface area (Å²) in [5, 5.41) is 4.89. The Balaban J connectivity index is 2.21. The predicted molar refractivity (Wildman–Crippen MR) is 105 cm³/mol. The van der Waals surface area contributed by atoms with Crippen molar-refractivity contribution in [2.24, 2.45) is 0 Å². The molecule has 2 aromatic rings. The van der Waals surface area contributed by atoms with E-state index in [0.717, 1.165) is 16.9 Å². The van der Waals surface area contributed by atoms with Crippen LogP contribution in [0.2, 0.25) is 5.02 Å². The van der Waals surface area contributed by atoms with Crippen LogP contribution < -0.4 is 5.32 Å². The summed E-state index contributed by atoms with van der Waals surface area (Å²) in [6.07, 6.45) is 2.93. The maximum Gasteiger partial charge on any atom is 0.342 e. The molecule has 0 aliphatic heterocycles. The van der Waals surface area contributed by atoms with Crippen LogP contribution in [0.25, 0.3) is 6.08 Å². The van der Waals surface area contributed by atoms with Gasteiger partial charge in [-0.05, 0) is 37.6 Å². The van der Waals surface area contributed by atoms with E-state index in [4.69, 9.17) is 21.1 Å². The van der Waals surface area contributed by atoms with E-state index in [2.05, 4.69) is 5.32 Å². The monoisotopic (exact) mass is 407 g/mol. The number of esters is 2. The lowest BCUT2D eigenvalue weighted by atomic mass is 10.2. The van der Waals surface area contributed by atoms with Crippen molar-refractivity contribution in [3.63, 3.8) is 0 Å². The van der Waals surface area contributed by atoms with Crippen LogP contribution in [-0.2, 0) is 14.3 Å². The molecule has 0 aliphatic carbocycles. The number of hydrogen-bond donors (Lipinski definition) is 1. The minimum Gasteiger partial charge on any atom is -0.462 e. The Kier molecular flexibility index (Phi) is 7.57. The molecule has 1 aromatic carbocycles. The van der Waals surface area contributed by atoms with Crippen LogP contribution in [0.15, 0.2) is 35.7 Å². The summed E-state index contributed by atoms with van der Waals surface area (Å²) in [4.78, 5) is 36.5. The molecular formula is C19H18ClNO5S. The summed E-state index contributed by atoms with van der Waals surface area (Å²) in [5.74, 6) is -1.79. The van der Waals surface area contributed by atoms with Gasteiger partial charge in [0.1, 0.15) is 10.6 Å². The van der Waals surface area contributed by atoms with E-state index in [1.54, 1.807) is 44.2 Å². The lowest BCUT2D eigenvalue weighted by Crippen LogP contribution is -2.15. The molecule has 0 unspecified atom stereocenters. The van der Waals surface area contributed by atoms with Gasteiger partial charge >= 0.3 is 11.9 Å². The Labute approximate surface area is 165 Å². The Morgan fingerprint density at radius 1 is 1.07 bits per heavy atom. The van der Waals surface area contributed by atoms with Gasteiger partial charge in [0.15, 0.2) is 0 Å². The normalized spacial score (nSPS) is 10.6. The van der Waals surface area contributed by atoms with Gasteiger partial charge in [0, 0.05) is 16.5 Å². The van der Waals surface area contributed by atoms with E-state index in [9.17, 15) is 14.4 Å². The first kappa shape index (κ1) is 20.7. The molecule has 1 N–H and O–H groups in total. The largest absolute Gasteiger partial charge is 0.462 e. The van der Waals surface area contributed by atoms with Crippen molar-refractivity contribution in [2.75, 3.05) is 18.5 Å². The number of amides is 1. The number of hydrogen-bond acceptors (Lipinski definition) is 6. The topological polar surface area (TPSA) is 81.7 Å². The molecule has 1 aromatic heterocycles. The zero-order valence-electron chi connectivity index (χ0n) is 14.8. The fourth-order valence-electron chi connectivity index (χ4n) is 2.11. The highest BCUT2D eigenvalue weighted by Gasteiger charge is 2.26. The second-order valence-corrected chi connectivity index (χ2v) is 6.48. The van der Waals surface area contributed by atoms with E-state index < -0.39 is 17.8 Å². The summed E-state index contributed by atoms with van der Waals surface area (Å²) in [6.45, 7) is 3.63. The lowest BCUT2D eigenvalue weighted by Gasteiger charge is -2.07. The molecule has 0 aliphatic rings. The SMILES string of the molecule is CCOC(=O)c1csc(NC(=O)/C=C/c2ccc(Cl)cc2)c1C(=O)OCC. The van der Waals surface area contributed by atoms with E-state index in [0.29, 0.717) is 5.02 Å². The number of benzene rings is 1. The van der Waals surface area contributed by atoms with E-state index in [1.807, 2.05) is 0 Å². The molecule has 0 atom stereocenters. The van der Waals surface area contributed by atoms with Crippen molar-refractivity contribution in [3.05, 3.63) is 57.4 Å². The summed E-state index contributed by atoms with van der Waals surface area (Å²) in [5.41, 5.74) is 0.851. The highest BCUT2D eigenvalue weighted by Crippen LogP contribution is 2.30. The Bertz CT molecular complexity index is 857. The summed E-state index contributed by atoms with van der Waals surface area (Å²) < 4.78 is 9.95. The van der Waals surface area contributed by atoms with Gasteiger partial charge in [-0.15, -0.1) is 11.3 Å². The number of nitrogens with one attached hydrogen (secondary N) is 1. The smallest absolute Gasteiger partial charge is 0.342 e. The zero-order chi connectivity index (χ0) is 19.8. The number of ether oxygens (including phenoxy) is 2. The number of rotatable bonds is 7. The molecule has 0 saturated carbocycles. The molecular weight excluding hydrogens is 390 g/mol. The highest BCUT2D eigenvalue weighted by molar-refractivity contribution is 7.15. The minimum absolute atomic E-state index is 0.00598. The molecule has 0 saturated heterocycles. The first-order valence-electron chi connectivity index (χ1n) is 8.16. The van der Waals surface area contributed by atoms with E-state index >= 15 is 0 Å². The summed E-state index contributed by atoms with van der Waals surface area (Å²) in [7, 11) is 0. The summed E-state index contributed by atoms with van der Waals surface area (Å²) in [6, 6.07) is 6.95. The molecule has 0 fully saturated rings. The van der Waals surface area contributed by atoms with Gasteiger partial charge in [-0.1, -0.05) is 23.7 Å². The van der Waals surface area contributed by atoms with Crippen LogP contribution in [0.3, 0.4) is 0 Å². The fourth-order valence-corrected chi connectivity index (χ4v) is 3.16. The molecule has 1 amide bonds. The Hall–Kier alpha value is -2.64. The van der Waals surface area contributed by atoms with Gasteiger partial charge in [-0.25, -0.2) is 9.59 Å². The Morgan fingerprint density at radius 3 is 2.33 bits per heavy atom. The van der Waals surface area contributed by atoms with Crippen molar-refractivity contribution in [1.29, 1.82) is 0 Å². The first-order valence-corrected chi connectivity index (χ1v) is 9.42. The average molecular weight is 408 g/mol. The molecule has 8 heteroatoms. The number of thiophene rings is 1. The molecule has 0 bridgehead atoms. The van der Waals surface area contributed by atoms with Gasteiger partial charge in [0.05, 0.1) is 18.8 Å². The van der Waals surface area contributed by atoms with Crippen molar-refractivity contribution in [2.45, 2.75) is 13.8 Å². The quantitative estimate of drug-likeness (QED) is 0.543. The molecule has 6 nitrogen and oxygen atoms in total. The van der Waals surface area contributed by atoms with Crippen LogP contribution >= 0.6 is 22.9 Å². The van der Waals surface area contributed by atoms with Crippen LogP contribution in [0, 0.1) is 0 Å². The van der Waals surface area contributed by atoms with Gasteiger partial charge < -0.3 is 14.8 Å². The molecule has 0 spiro atoms. The van der Waals surface area contributed by atoms with E-state index in [1.165, 1.54) is 11.5 Å². The van der Waals surface area contributed by atoms with Gasteiger partial charge in [-0.2, -0.15) is 0 Å². The number of anilines is 1. The standard InChI is InChI=1S/C19H18ClNO5S/c1-3-25-18(23)14-11-27-17(16(14)19(24)26-4-2)21-15(22)10-7-12-5-8-13(20)9-6-12/h5-11H,3-4H2,1-2H3,(H,21,22)/b10-7+. The Morgan fingerprint density at radius 2 is 1.70 bits per heavy atom. The maximum atomic E-state index is 12.2. The average Bonchev–Trinajstić information content (AvgIpc) is 3.05. The number of carbonyl (C=O) groups is 3. The van der Waals surface area contributed by atoms with Gasteiger partial charge in [0.2, 0.25) is 5.91 Å². The third-order valence-corrected chi connectivity index (χ3v) is 4.45. The summed E-state index contributed by atoms with van der Waals surface area (Å²) >= 11 is 6.87. The molecule has 27 heavy (non-hydrogen) atoms. The predicted octanol–water partition coefficient (Wildman–Crippen LogP) is 4.41. The van der Waals surface area contributed by atoms with Crippen LogP contribution in [-0.4, -0.2) is 31.1 Å². The van der Waals surface area contributed by atoms with Gasteiger partial charge in [0.25, 0.3) is 0 Å². The molecule has 1 heterocycles. The fraction of sp³-hybridized carbons (Fsp3) is 0.211. The second kappa shape index (κ2) is 9.89. The molecule has 0 radical (unpaired) electrons. The third kappa shape index (κ3) is 5.67.